The van der Waals surface area contributed by atoms with Crippen LogP contribution in [0.4, 0.5) is 0 Å². The molecule has 0 saturated heterocycles. The molecule has 0 bridgehead atoms. The first-order chi connectivity index (χ1) is 8.72. The Bertz CT molecular complexity index is 587. The maximum atomic E-state index is 12.2. The number of hydrogen-bond donors (Lipinski definition) is 0. The van der Waals surface area contributed by atoms with E-state index in [0.29, 0.717) is 11.1 Å². The zero-order valence-electron chi connectivity index (χ0n) is 9.38. The van der Waals surface area contributed by atoms with Crippen molar-refractivity contribution < 1.29 is 4.79 Å². The monoisotopic (exact) mass is 300 g/mol. The standard InChI is InChI=1S/C14H9BrN2O/c15-12-5-3-10(4-6-12)13(8-16)14(18)11-2-1-7-17-9-11/h1-7,9,13H. The molecule has 1 atom stereocenters. The number of benzene rings is 1. The summed E-state index contributed by atoms with van der Waals surface area (Å²) in [4.78, 5) is 16.1. The molecule has 1 unspecified atom stereocenters. The van der Waals surface area contributed by atoms with Crippen molar-refractivity contribution in [2.24, 2.45) is 0 Å². The molecule has 1 aromatic heterocycles. The van der Waals surface area contributed by atoms with E-state index >= 15 is 0 Å². The van der Waals surface area contributed by atoms with Crippen LogP contribution in [0.2, 0.25) is 0 Å². The maximum Gasteiger partial charge on any atom is 0.185 e. The fourth-order valence-electron chi connectivity index (χ4n) is 1.61. The van der Waals surface area contributed by atoms with Gasteiger partial charge >= 0.3 is 0 Å². The van der Waals surface area contributed by atoms with E-state index in [2.05, 4.69) is 20.9 Å². The van der Waals surface area contributed by atoms with Gasteiger partial charge in [0.1, 0.15) is 5.92 Å². The highest BCUT2D eigenvalue weighted by molar-refractivity contribution is 9.10. The molecule has 18 heavy (non-hydrogen) atoms. The second-order valence-corrected chi connectivity index (χ2v) is 4.64. The first kappa shape index (κ1) is 12.5. The van der Waals surface area contributed by atoms with Gasteiger partial charge in [-0.3, -0.25) is 9.78 Å². The Morgan fingerprint density at radius 1 is 1.28 bits per heavy atom. The lowest BCUT2D eigenvalue weighted by atomic mass is 9.93. The van der Waals surface area contributed by atoms with Crippen LogP contribution in [-0.4, -0.2) is 10.8 Å². The van der Waals surface area contributed by atoms with Crippen molar-refractivity contribution >= 4 is 21.7 Å². The van der Waals surface area contributed by atoms with Crippen molar-refractivity contribution in [3.63, 3.8) is 0 Å². The van der Waals surface area contributed by atoms with Gasteiger partial charge in [0.15, 0.2) is 5.78 Å². The molecule has 2 aromatic rings. The van der Waals surface area contributed by atoms with E-state index in [-0.39, 0.29) is 5.78 Å². The van der Waals surface area contributed by atoms with E-state index in [4.69, 9.17) is 0 Å². The van der Waals surface area contributed by atoms with E-state index < -0.39 is 5.92 Å². The fraction of sp³-hybridized carbons (Fsp3) is 0.0714. The second-order valence-electron chi connectivity index (χ2n) is 3.72. The third kappa shape index (κ3) is 2.63. The van der Waals surface area contributed by atoms with Crippen molar-refractivity contribution in [1.82, 2.24) is 4.98 Å². The molecule has 1 aromatic carbocycles. The highest BCUT2D eigenvalue weighted by Crippen LogP contribution is 2.22. The lowest BCUT2D eigenvalue weighted by Crippen LogP contribution is -2.11. The summed E-state index contributed by atoms with van der Waals surface area (Å²) in [5, 5.41) is 9.18. The minimum absolute atomic E-state index is 0.229. The van der Waals surface area contributed by atoms with Crippen LogP contribution in [-0.2, 0) is 0 Å². The molecule has 0 spiro atoms. The molecule has 0 fully saturated rings. The molecule has 4 heteroatoms. The Labute approximate surface area is 113 Å². The van der Waals surface area contributed by atoms with Gasteiger partial charge in [0.25, 0.3) is 0 Å². The SMILES string of the molecule is N#CC(C(=O)c1cccnc1)c1ccc(Br)cc1. The van der Waals surface area contributed by atoms with Gasteiger partial charge in [-0.1, -0.05) is 28.1 Å². The summed E-state index contributed by atoms with van der Waals surface area (Å²) in [6.45, 7) is 0. The fourth-order valence-corrected chi connectivity index (χ4v) is 1.88. The average Bonchev–Trinajstić information content (AvgIpc) is 2.42. The molecule has 0 N–H and O–H groups in total. The van der Waals surface area contributed by atoms with Crippen LogP contribution in [0.1, 0.15) is 21.8 Å². The first-order valence-electron chi connectivity index (χ1n) is 5.31. The number of aromatic nitrogens is 1. The highest BCUT2D eigenvalue weighted by Gasteiger charge is 2.21. The van der Waals surface area contributed by atoms with E-state index in [1.54, 1.807) is 30.5 Å². The van der Waals surface area contributed by atoms with Crippen molar-refractivity contribution in [3.05, 3.63) is 64.4 Å². The Balaban J connectivity index is 2.33. The Morgan fingerprint density at radius 2 is 2.00 bits per heavy atom. The van der Waals surface area contributed by atoms with Crippen LogP contribution >= 0.6 is 15.9 Å². The molecule has 1 heterocycles. The number of pyridine rings is 1. The van der Waals surface area contributed by atoms with Crippen LogP contribution in [0.15, 0.2) is 53.3 Å². The van der Waals surface area contributed by atoms with Gasteiger partial charge in [0.2, 0.25) is 0 Å². The number of rotatable bonds is 3. The van der Waals surface area contributed by atoms with Gasteiger partial charge in [0.05, 0.1) is 6.07 Å². The minimum atomic E-state index is -0.790. The number of Topliss-reactive ketones (excluding diaryl/α,β-unsaturated/α-hetero) is 1. The van der Waals surface area contributed by atoms with Crippen molar-refractivity contribution in [2.75, 3.05) is 0 Å². The molecular formula is C14H9BrN2O. The molecule has 0 aliphatic carbocycles. The number of hydrogen-bond acceptors (Lipinski definition) is 3. The van der Waals surface area contributed by atoms with Gasteiger partial charge < -0.3 is 0 Å². The Morgan fingerprint density at radius 3 is 2.56 bits per heavy atom. The van der Waals surface area contributed by atoms with Gasteiger partial charge in [-0.25, -0.2) is 0 Å². The molecule has 0 saturated carbocycles. The van der Waals surface area contributed by atoms with Crippen molar-refractivity contribution in [1.29, 1.82) is 5.26 Å². The molecular weight excluding hydrogens is 292 g/mol. The predicted molar refractivity (Wildman–Crippen MR) is 71.1 cm³/mol. The van der Waals surface area contributed by atoms with Gasteiger partial charge in [-0.15, -0.1) is 0 Å². The maximum absolute atomic E-state index is 12.2. The molecule has 0 aliphatic rings. The topological polar surface area (TPSA) is 53.8 Å². The zero-order valence-corrected chi connectivity index (χ0v) is 11.0. The predicted octanol–water partition coefficient (Wildman–Crippen LogP) is 3.33. The smallest absolute Gasteiger partial charge is 0.185 e. The summed E-state index contributed by atoms with van der Waals surface area (Å²) >= 11 is 3.32. The molecule has 0 aliphatic heterocycles. The lowest BCUT2D eigenvalue weighted by Gasteiger charge is -2.08. The number of ketones is 1. The lowest BCUT2D eigenvalue weighted by molar-refractivity contribution is 0.0978. The van der Waals surface area contributed by atoms with Crippen molar-refractivity contribution in [2.45, 2.75) is 5.92 Å². The normalized spacial score (nSPS) is 11.6. The number of halogens is 1. The summed E-state index contributed by atoms with van der Waals surface area (Å²) in [6.07, 6.45) is 3.07. The summed E-state index contributed by atoms with van der Waals surface area (Å²) in [5.74, 6) is -1.02. The highest BCUT2D eigenvalue weighted by atomic mass is 79.9. The third-order valence-corrected chi connectivity index (χ3v) is 3.07. The summed E-state index contributed by atoms with van der Waals surface area (Å²) < 4.78 is 0.914. The number of nitriles is 1. The van der Waals surface area contributed by atoms with E-state index in [0.717, 1.165) is 4.47 Å². The van der Waals surface area contributed by atoms with Crippen LogP contribution < -0.4 is 0 Å². The number of carbonyl (C=O) groups is 1. The third-order valence-electron chi connectivity index (χ3n) is 2.54. The number of carbonyl (C=O) groups excluding carboxylic acids is 1. The Kier molecular flexibility index (Phi) is 3.85. The van der Waals surface area contributed by atoms with Crippen LogP contribution in [0.5, 0.6) is 0 Å². The Hall–Kier alpha value is -1.99. The van der Waals surface area contributed by atoms with E-state index in [1.165, 1.54) is 6.20 Å². The first-order valence-corrected chi connectivity index (χ1v) is 6.11. The molecule has 0 amide bonds. The zero-order chi connectivity index (χ0) is 13.0. The largest absolute Gasteiger partial charge is 0.292 e. The average molecular weight is 301 g/mol. The molecule has 2 rings (SSSR count). The van der Waals surface area contributed by atoms with Crippen LogP contribution in [0, 0.1) is 11.3 Å². The minimum Gasteiger partial charge on any atom is -0.292 e. The van der Waals surface area contributed by atoms with Gasteiger partial charge in [-0.2, -0.15) is 5.26 Å². The number of nitrogens with zero attached hydrogens (tertiary/aromatic N) is 2. The van der Waals surface area contributed by atoms with E-state index in [9.17, 15) is 10.1 Å². The van der Waals surface area contributed by atoms with Crippen molar-refractivity contribution in [3.8, 4) is 6.07 Å². The second kappa shape index (κ2) is 5.56. The quantitative estimate of drug-likeness (QED) is 0.817. The molecule has 88 valence electrons. The summed E-state index contributed by atoms with van der Waals surface area (Å²) in [7, 11) is 0. The summed E-state index contributed by atoms with van der Waals surface area (Å²) in [5.41, 5.74) is 1.14. The molecule has 3 nitrogen and oxygen atoms in total. The van der Waals surface area contributed by atoms with Crippen LogP contribution in [0.25, 0.3) is 0 Å². The van der Waals surface area contributed by atoms with Gasteiger partial charge in [-0.05, 0) is 29.8 Å². The van der Waals surface area contributed by atoms with Crippen LogP contribution in [0.3, 0.4) is 0 Å². The summed E-state index contributed by atoms with van der Waals surface area (Å²) in [6, 6.07) is 12.6. The van der Waals surface area contributed by atoms with E-state index in [1.807, 2.05) is 18.2 Å². The van der Waals surface area contributed by atoms with Gasteiger partial charge in [0, 0.05) is 22.4 Å². The molecule has 0 radical (unpaired) electrons.